The maximum atomic E-state index is 14.0. The van der Waals surface area contributed by atoms with E-state index in [-0.39, 0.29) is 6.10 Å². The number of hydrogen-bond donors (Lipinski definition) is 0. The molecule has 68 valence electrons. The van der Waals surface area contributed by atoms with Crippen LogP contribution in [0, 0.1) is 0 Å². The van der Waals surface area contributed by atoms with Crippen LogP contribution in [0.15, 0.2) is 36.4 Å². The predicted octanol–water partition coefficient (Wildman–Crippen LogP) is 2.55. The number of fused-ring (bicyclic) bond motifs is 5. The molecule has 1 saturated heterocycles. The van der Waals surface area contributed by atoms with Crippen LogP contribution in [-0.2, 0) is 4.74 Å². The van der Waals surface area contributed by atoms with Crippen LogP contribution in [0.5, 0.6) is 0 Å². The summed E-state index contributed by atoms with van der Waals surface area (Å²) in [5.41, 5.74) is 3.92. The first-order chi connectivity index (χ1) is 6.81. The van der Waals surface area contributed by atoms with E-state index in [2.05, 4.69) is 0 Å². The average Bonchev–Trinajstić information content (AvgIpc) is 2.82. The second-order valence-electron chi connectivity index (χ2n) is 3.88. The van der Waals surface area contributed by atoms with Crippen molar-refractivity contribution in [2.24, 2.45) is 0 Å². The van der Waals surface area contributed by atoms with Gasteiger partial charge >= 0.3 is 0 Å². The molecule has 1 aliphatic heterocycles. The molecule has 3 aliphatic rings. The molecule has 1 aromatic carbocycles. The summed E-state index contributed by atoms with van der Waals surface area (Å²) in [5, 5.41) is 0. The van der Waals surface area contributed by atoms with Crippen LogP contribution in [0.4, 0.5) is 4.39 Å². The quantitative estimate of drug-likeness (QED) is 0.567. The monoisotopic (exact) mass is 186 g/mol. The molecule has 0 spiro atoms. The summed E-state index contributed by atoms with van der Waals surface area (Å²) in [6.45, 7) is 0. The third kappa shape index (κ3) is 0.563. The normalized spacial score (nSPS) is 35.6. The fourth-order valence-corrected chi connectivity index (χ4v) is 2.39. The molecular formula is C12H7FO. The number of rotatable bonds is 0. The van der Waals surface area contributed by atoms with Crippen molar-refractivity contribution < 1.29 is 9.13 Å². The molecule has 2 aliphatic carbocycles. The molecule has 1 heterocycles. The van der Waals surface area contributed by atoms with E-state index in [1.165, 1.54) is 0 Å². The average molecular weight is 186 g/mol. The van der Waals surface area contributed by atoms with E-state index >= 15 is 0 Å². The lowest BCUT2D eigenvalue weighted by molar-refractivity contribution is 0.202. The zero-order valence-electron chi connectivity index (χ0n) is 7.33. The fourth-order valence-electron chi connectivity index (χ4n) is 2.39. The highest BCUT2D eigenvalue weighted by atomic mass is 19.2. The highest BCUT2D eigenvalue weighted by molar-refractivity contribution is 6.11. The summed E-state index contributed by atoms with van der Waals surface area (Å²) in [5.74, 6) is -1.50. The van der Waals surface area contributed by atoms with Crippen molar-refractivity contribution in [1.82, 2.24) is 0 Å². The van der Waals surface area contributed by atoms with Gasteiger partial charge in [0.05, 0.1) is 0 Å². The lowest BCUT2D eigenvalue weighted by Gasteiger charge is -2.28. The van der Waals surface area contributed by atoms with Crippen LogP contribution in [-0.4, -0.2) is 12.0 Å². The van der Waals surface area contributed by atoms with Crippen molar-refractivity contribution >= 4 is 11.1 Å². The van der Waals surface area contributed by atoms with Gasteiger partial charge in [0.1, 0.15) is 6.10 Å². The first-order valence-corrected chi connectivity index (χ1v) is 4.70. The number of hydrogen-bond acceptors (Lipinski definition) is 1. The number of ether oxygens (including phenoxy) is 1. The second-order valence-corrected chi connectivity index (χ2v) is 3.88. The Hall–Kier alpha value is -1.41. The van der Waals surface area contributed by atoms with Gasteiger partial charge in [-0.2, -0.15) is 0 Å². The molecule has 0 radical (unpaired) electrons. The Labute approximate surface area is 80.5 Å². The van der Waals surface area contributed by atoms with Gasteiger partial charge in [0.25, 0.3) is 5.85 Å². The molecule has 2 atom stereocenters. The van der Waals surface area contributed by atoms with E-state index < -0.39 is 5.85 Å². The van der Waals surface area contributed by atoms with E-state index in [0.29, 0.717) is 0 Å². The van der Waals surface area contributed by atoms with Gasteiger partial charge < -0.3 is 4.74 Å². The molecule has 4 rings (SSSR count). The molecule has 0 bridgehead atoms. The van der Waals surface area contributed by atoms with E-state index in [1.807, 2.05) is 30.3 Å². The Bertz CT molecular complexity index is 515. The standard InChI is InChI=1S/C12H7FO/c13-12-10(14-12)6-5-9-7-3-1-2-4-8(7)11(9)12/h1-6,10H. The van der Waals surface area contributed by atoms with Gasteiger partial charge in [0.2, 0.25) is 0 Å². The van der Waals surface area contributed by atoms with Crippen molar-refractivity contribution in [3.63, 3.8) is 0 Å². The minimum absolute atomic E-state index is 0.338. The maximum Gasteiger partial charge on any atom is 0.267 e. The SMILES string of the molecule is FC12OC1C=CC1=C2c2ccccc21. The molecule has 1 nitrogen and oxygen atoms in total. The summed E-state index contributed by atoms with van der Waals surface area (Å²) in [7, 11) is 0. The molecule has 0 saturated carbocycles. The number of halogens is 1. The Morgan fingerprint density at radius 1 is 1.21 bits per heavy atom. The second kappa shape index (κ2) is 1.84. The van der Waals surface area contributed by atoms with Crippen LogP contribution >= 0.6 is 0 Å². The van der Waals surface area contributed by atoms with Crippen molar-refractivity contribution in [2.75, 3.05) is 0 Å². The molecule has 2 heteroatoms. The number of allylic oxidation sites excluding steroid dienone is 2. The summed E-state index contributed by atoms with van der Waals surface area (Å²) in [6.07, 6.45) is 3.43. The topological polar surface area (TPSA) is 12.5 Å². The Morgan fingerprint density at radius 2 is 2.00 bits per heavy atom. The Balaban J connectivity index is 1.99. The number of alkyl halides is 1. The molecule has 1 fully saturated rings. The van der Waals surface area contributed by atoms with E-state index in [0.717, 1.165) is 22.3 Å². The zero-order chi connectivity index (χ0) is 9.34. The molecule has 0 N–H and O–H groups in total. The third-order valence-corrected chi connectivity index (χ3v) is 3.14. The van der Waals surface area contributed by atoms with Crippen molar-refractivity contribution in [3.8, 4) is 0 Å². The summed E-state index contributed by atoms with van der Waals surface area (Å²) < 4.78 is 19.0. The lowest BCUT2D eigenvalue weighted by Crippen LogP contribution is -2.21. The maximum absolute atomic E-state index is 14.0. The Morgan fingerprint density at radius 3 is 2.86 bits per heavy atom. The van der Waals surface area contributed by atoms with Gasteiger partial charge in [-0.1, -0.05) is 30.3 Å². The minimum Gasteiger partial charge on any atom is -0.326 e. The van der Waals surface area contributed by atoms with Gasteiger partial charge in [-0.25, -0.2) is 4.39 Å². The first kappa shape index (κ1) is 6.96. The minimum atomic E-state index is -1.50. The van der Waals surface area contributed by atoms with Crippen LogP contribution in [0.3, 0.4) is 0 Å². The van der Waals surface area contributed by atoms with E-state index in [1.54, 1.807) is 6.08 Å². The van der Waals surface area contributed by atoms with Crippen LogP contribution in [0.2, 0.25) is 0 Å². The zero-order valence-corrected chi connectivity index (χ0v) is 7.33. The van der Waals surface area contributed by atoms with Crippen molar-refractivity contribution in [1.29, 1.82) is 0 Å². The summed E-state index contributed by atoms with van der Waals surface area (Å²) in [6, 6.07) is 7.88. The molecule has 0 aromatic heterocycles. The van der Waals surface area contributed by atoms with Crippen molar-refractivity contribution in [2.45, 2.75) is 12.0 Å². The summed E-state index contributed by atoms with van der Waals surface area (Å²) in [4.78, 5) is 0. The van der Waals surface area contributed by atoms with Crippen LogP contribution < -0.4 is 0 Å². The molecule has 14 heavy (non-hydrogen) atoms. The first-order valence-electron chi connectivity index (χ1n) is 4.70. The lowest BCUT2D eigenvalue weighted by atomic mass is 9.75. The highest BCUT2D eigenvalue weighted by Crippen LogP contribution is 2.60. The predicted molar refractivity (Wildman–Crippen MR) is 51.1 cm³/mol. The molecule has 2 unspecified atom stereocenters. The highest BCUT2D eigenvalue weighted by Gasteiger charge is 2.64. The largest absolute Gasteiger partial charge is 0.326 e. The van der Waals surface area contributed by atoms with Gasteiger partial charge in [-0.3, -0.25) is 0 Å². The van der Waals surface area contributed by atoms with Gasteiger partial charge in [0.15, 0.2) is 0 Å². The molecule has 0 amide bonds. The third-order valence-electron chi connectivity index (χ3n) is 3.14. The van der Waals surface area contributed by atoms with E-state index in [9.17, 15) is 4.39 Å². The van der Waals surface area contributed by atoms with Crippen molar-refractivity contribution in [3.05, 3.63) is 47.5 Å². The fraction of sp³-hybridized carbons (Fsp3) is 0.167. The molecule has 1 aromatic rings. The van der Waals surface area contributed by atoms with E-state index in [4.69, 9.17) is 4.74 Å². The Kier molecular flexibility index (Phi) is 0.914. The van der Waals surface area contributed by atoms with Gasteiger partial charge in [0, 0.05) is 5.57 Å². The number of epoxide rings is 1. The smallest absolute Gasteiger partial charge is 0.267 e. The molecular weight excluding hydrogens is 179 g/mol. The van der Waals surface area contributed by atoms with Crippen LogP contribution in [0.25, 0.3) is 11.1 Å². The summed E-state index contributed by atoms with van der Waals surface area (Å²) >= 11 is 0. The van der Waals surface area contributed by atoms with Gasteiger partial charge in [-0.05, 0) is 22.8 Å². The van der Waals surface area contributed by atoms with Gasteiger partial charge in [-0.15, -0.1) is 0 Å². The van der Waals surface area contributed by atoms with Crippen LogP contribution in [0.1, 0.15) is 11.1 Å². The number of benzene rings is 1.